The Labute approximate surface area is 126 Å². The van der Waals surface area contributed by atoms with E-state index in [1.807, 2.05) is 37.4 Å². The van der Waals surface area contributed by atoms with Crippen molar-refractivity contribution in [2.75, 3.05) is 19.1 Å². The maximum Gasteiger partial charge on any atom is 0.218 e. The summed E-state index contributed by atoms with van der Waals surface area (Å²) >= 11 is 1.67. The smallest absolute Gasteiger partial charge is 0.218 e. The third-order valence-electron chi connectivity index (χ3n) is 3.39. The quantitative estimate of drug-likeness (QED) is 0.797. The molecule has 1 unspecified atom stereocenters. The van der Waals surface area contributed by atoms with Gasteiger partial charge in [0.2, 0.25) is 10.0 Å². The Morgan fingerprint density at radius 2 is 1.80 bits per heavy atom. The van der Waals surface area contributed by atoms with Gasteiger partial charge in [0.1, 0.15) is 0 Å². The molecule has 0 aliphatic heterocycles. The molecule has 114 valence electrons. The standard InChI is InChI=1S/C14H24N2O2S2/c1-4-14(10-19-3)16(2)20(17,18)11-13-7-5-12(9-15)6-8-13/h5-8,14H,4,9-11,15H2,1-3H3. The summed E-state index contributed by atoms with van der Waals surface area (Å²) in [5.41, 5.74) is 7.34. The molecule has 0 aliphatic rings. The minimum absolute atomic E-state index is 0.0409. The summed E-state index contributed by atoms with van der Waals surface area (Å²) in [7, 11) is -1.60. The Bertz CT molecular complexity index is 500. The van der Waals surface area contributed by atoms with Crippen LogP contribution in [0.5, 0.6) is 0 Å². The normalized spacial score (nSPS) is 13.7. The van der Waals surface area contributed by atoms with Gasteiger partial charge >= 0.3 is 0 Å². The van der Waals surface area contributed by atoms with Gasteiger partial charge in [-0.25, -0.2) is 12.7 Å². The summed E-state index contributed by atoms with van der Waals surface area (Å²) in [5, 5.41) is 0. The summed E-state index contributed by atoms with van der Waals surface area (Å²) in [5.74, 6) is 0.859. The highest BCUT2D eigenvalue weighted by Gasteiger charge is 2.24. The Morgan fingerprint density at radius 3 is 2.25 bits per heavy atom. The molecule has 0 saturated carbocycles. The van der Waals surface area contributed by atoms with Gasteiger partial charge in [0.25, 0.3) is 0 Å². The molecule has 0 amide bonds. The van der Waals surface area contributed by atoms with Gasteiger partial charge in [0, 0.05) is 25.4 Å². The molecule has 6 heteroatoms. The molecular formula is C14H24N2O2S2. The van der Waals surface area contributed by atoms with Gasteiger partial charge in [-0.05, 0) is 23.8 Å². The Hall–Kier alpha value is -0.560. The van der Waals surface area contributed by atoms with Crippen LogP contribution in [0.25, 0.3) is 0 Å². The van der Waals surface area contributed by atoms with Gasteiger partial charge in [0.05, 0.1) is 5.75 Å². The third-order valence-corrected chi connectivity index (χ3v) is 5.98. The number of nitrogens with zero attached hydrogens (tertiary/aromatic N) is 1. The lowest BCUT2D eigenvalue weighted by Crippen LogP contribution is -2.38. The summed E-state index contributed by atoms with van der Waals surface area (Å²) in [6, 6.07) is 7.48. The van der Waals surface area contributed by atoms with E-state index in [0.717, 1.165) is 23.3 Å². The van der Waals surface area contributed by atoms with Crippen LogP contribution in [0.4, 0.5) is 0 Å². The van der Waals surface area contributed by atoms with Gasteiger partial charge in [-0.1, -0.05) is 31.2 Å². The lowest BCUT2D eigenvalue weighted by Gasteiger charge is -2.26. The lowest BCUT2D eigenvalue weighted by atomic mass is 10.1. The second-order valence-electron chi connectivity index (χ2n) is 4.81. The fourth-order valence-electron chi connectivity index (χ4n) is 1.98. The number of sulfonamides is 1. The first kappa shape index (κ1) is 17.5. The zero-order chi connectivity index (χ0) is 15.2. The minimum atomic E-state index is -3.28. The molecule has 0 bridgehead atoms. The van der Waals surface area contributed by atoms with E-state index in [1.165, 1.54) is 4.31 Å². The first-order valence-corrected chi connectivity index (χ1v) is 9.67. The Kier molecular flexibility index (Phi) is 7.02. The molecule has 1 aromatic rings. The van der Waals surface area contributed by atoms with E-state index in [-0.39, 0.29) is 11.8 Å². The molecule has 20 heavy (non-hydrogen) atoms. The zero-order valence-electron chi connectivity index (χ0n) is 12.4. The van der Waals surface area contributed by atoms with Gasteiger partial charge < -0.3 is 5.73 Å². The summed E-state index contributed by atoms with van der Waals surface area (Å²) < 4.78 is 26.4. The van der Waals surface area contributed by atoms with Crippen LogP contribution in [-0.2, 0) is 22.3 Å². The van der Waals surface area contributed by atoms with Crippen LogP contribution in [0.3, 0.4) is 0 Å². The fraction of sp³-hybridized carbons (Fsp3) is 0.571. The first-order chi connectivity index (χ1) is 9.44. The molecule has 0 aromatic heterocycles. The summed E-state index contributed by atoms with van der Waals surface area (Å²) in [6.07, 6.45) is 2.82. The highest BCUT2D eigenvalue weighted by molar-refractivity contribution is 7.98. The van der Waals surface area contributed by atoms with Crippen LogP contribution < -0.4 is 5.73 Å². The van der Waals surface area contributed by atoms with E-state index in [1.54, 1.807) is 18.8 Å². The molecule has 1 rings (SSSR count). The summed E-state index contributed by atoms with van der Waals surface area (Å²) in [4.78, 5) is 0. The molecule has 0 saturated heterocycles. The molecule has 2 N–H and O–H groups in total. The average Bonchev–Trinajstić information content (AvgIpc) is 2.44. The van der Waals surface area contributed by atoms with E-state index in [2.05, 4.69) is 0 Å². The fourth-order valence-corrected chi connectivity index (χ4v) is 4.42. The predicted octanol–water partition coefficient (Wildman–Crippen LogP) is 2.05. The van der Waals surface area contributed by atoms with Crippen molar-refractivity contribution in [3.63, 3.8) is 0 Å². The van der Waals surface area contributed by atoms with Crippen molar-refractivity contribution in [2.45, 2.75) is 31.7 Å². The maximum absolute atomic E-state index is 12.4. The van der Waals surface area contributed by atoms with Crippen molar-refractivity contribution in [3.8, 4) is 0 Å². The first-order valence-electron chi connectivity index (χ1n) is 6.67. The topological polar surface area (TPSA) is 63.4 Å². The van der Waals surface area contributed by atoms with E-state index in [4.69, 9.17) is 5.73 Å². The molecule has 1 aromatic carbocycles. The van der Waals surface area contributed by atoms with Crippen molar-refractivity contribution in [2.24, 2.45) is 5.73 Å². The molecule has 0 fully saturated rings. The lowest BCUT2D eigenvalue weighted by molar-refractivity contribution is 0.385. The number of hydrogen-bond donors (Lipinski definition) is 1. The van der Waals surface area contributed by atoms with Gasteiger partial charge in [-0.15, -0.1) is 0 Å². The molecule has 0 radical (unpaired) electrons. The minimum Gasteiger partial charge on any atom is -0.326 e. The Balaban J connectivity index is 2.81. The molecule has 0 aliphatic carbocycles. The molecule has 0 spiro atoms. The number of rotatable bonds is 8. The average molecular weight is 316 g/mol. The molecule has 1 atom stereocenters. The van der Waals surface area contributed by atoms with Crippen molar-refractivity contribution in [3.05, 3.63) is 35.4 Å². The third kappa shape index (κ3) is 4.77. The maximum atomic E-state index is 12.4. The van der Waals surface area contributed by atoms with Crippen LogP contribution in [0.15, 0.2) is 24.3 Å². The second kappa shape index (κ2) is 8.02. The van der Waals surface area contributed by atoms with Crippen molar-refractivity contribution >= 4 is 21.8 Å². The van der Waals surface area contributed by atoms with E-state index in [9.17, 15) is 8.42 Å². The van der Waals surface area contributed by atoms with Crippen molar-refractivity contribution in [1.29, 1.82) is 0 Å². The van der Waals surface area contributed by atoms with Crippen molar-refractivity contribution in [1.82, 2.24) is 4.31 Å². The largest absolute Gasteiger partial charge is 0.326 e. The number of nitrogens with two attached hydrogens (primary N) is 1. The van der Waals surface area contributed by atoms with Gasteiger partial charge in [-0.3, -0.25) is 0 Å². The van der Waals surface area contributed by atoms with Gasteiger partial charge in [0.15, 0.2) is 0 Å². The van der Waals surface area contributed by atoms with E-state index >= 15 is 0 Å². The van der Waals surface area contributed by atoms with E-state index in [0.29, 0.717) is 6.54 Å². The Morgan fingerprint density at radius 1 is 1.25 bits per heavy atom. The van der Waals surface area contributed by atoms with E-state index < -0.39 is 10.0 Å². The zero-order valence-corrected chi connectivity index (χ0v) is 14.0. The summed E-state index contributed by atoms with van der Waals surface area (Å²) in [6.45, 7) is 2.49. The van der Waals surface area contributed by atoms with Crippen molar-refractivity contribution < 1.29 is 8.42 Å². The van der Waals surface area contributed by atoms with Gasteiger partial charge in [-0.2, -0.15) is 11.8 Å². The second-order valence-corrected chi connectivity index (χ2v) is 7.75. The molecule has 4 nitrogen and oxygen atoms in total. The van der Waals surface area contributed by atoms with Crippen LogP contribution in [0.2, 0.25) is 0 Å². The van der Waals surface area contributed by atoms with Crippen LogP contribution >= 0.6 is 11.8 Å². The predicted molar refractivity (Wildman–Crippen MR) is 87.2 cm³/mol. The van der Waals surface area contributed by atoms with Crippen LogP contribution in [-0.4, -0.2) is 37.8 Å². The highest BCUT2D eigenvalue weighted by Crippen LogP contribution is 2.17. The number of benzene rings is 1. The highest BCUT2D eigenvalue weighted by atomic mass is 32.2. The molecule has 0 heterocycles. The molecular weight excluding hydrogens is 292 g/mol. The number of thioether (sulfide) groups is 1. The monoisotopic (exact) mass is 316 g/mol. The number of hydrogen-bond acceptors (Lipinski definition) is 4. The van der Waals surface area contributed by atoms with Crippen LogP contribution in [0.1, 0.15) is 24.5 Å². The van der Waals surface area contributed by atoms with Crippen LogP contribution in [0, 0.1) is 0 Å². The SMILES string of the molecule is CCC(CSC)N(C)S(=O)(=O)Cc1ccc(CN)cc1.